The maximum atomic E-state index is 10.1. The minimum atomic E-state index is -0.699. The normalized spacial score (nSPS) is 15.0. The molecule has 1 aromatic heterocycles. The second kappa shape index (κ2) is 6.82. The monoisotopic (exact) mass is 256 g/mol. The molecule has 0 saturated heterocycles. The molecule has 1 unspecified atom stereocenters. The molecule has 0 amide bonds. The zero-order valence-corrected chi connectivity index (χ0v) is 11.4. The Morgan fingerprint density at radius 3 is 2.83 bits per heavy atom. The van der Waals surface area contributed by atoms with E-state index in [-0.39, 0.29) is 6.61 Å². The van der Waals surface area contributed by atoms with Gasteiger partial charge in [-0.1, -0.05) is 19.1 Å². The van der Waals surface area contributed by atoms with Crippen LogP contribution in [0.5, 0.6) is 0 Å². The number of aliphatic hydroxyl groups excluding tert-OH is 1. The Kier molecular flexibility index (Phi) is 5.71. The van der Waals surface area contributed by atoms with Crippen LogP contribution in [0.25, 0.3) is 0 Å². The van der Waals surface area contributed by atoms with E-state index in [9.17, 15) is 5.11 Å². The van der Waals surface area contributed by atoms with Gasteiger partial charge in [0.2, 0.25) is 0 Å². The van der Waals surface area contributed by atoms with Gasteiger partial charge in [-0.25, -0.2) is 4.68 Å². The second-order valence-electron chi connectivity index (χ2n) is 5.40. The Morgan fingerprint density at radius 1 is 1.50 bits per heavy atom. The molecule has 104 valence electrons. The van der Waals surface area contributed by atoms with Crippen LogP contribution in [-0.2, 0) is 13.1 Å². The van der Waals surface area contributed by atoms with Gasteiger partial charge in [-0.3, -0.25) is 0 Å². The van der Waals surface area contributed by atoms with Crippen molar-refractivity contribution in [3.63, 3.8) is 0 Å². The third kappa shape index (κ3) is 5.57. The lowest BCUT2D eigenvalue weighted by molar-refractivity contribution is 0.0382. The molecule has 0 radical (unpaired) electrons. The quantitative estimate of drug-likeness (QED) is 0.617. The second-order valence-corrected chi connectivity index (χ2v) is 5.40. The predicted molar refractivity (Wildman–Crippen MR) is 68.9 cm³/mol. The molecule has 0 aromatic carbocycles. The number of aromatic nitrogens is 3. The first-order valence-corrected chi connectivity index (χ1v) is 6.36. The molecular weight excluding hydrogens is 232 g/mol. The smallest absolute Gasteiger partial charge is 0.0964 e. The molecule has 0 spiro atoms. The van der Waals surface area contributed by atoms with E-state index in [1.54, 1.807) is 10.9 Å². The Hall–Kier alpha value is -0.980. The summed E-state index contributed by atoms with van der Waals surface area (Å²) >= 11 is 0. The maximum Gasteiger partial charge on any atom is 0.0964 e. The van der Waals surface area contributed by atoms with Gasteiger partial charge >= 0.3 is 0 Å². The van der Waals surface area contributed by atoms with Crippen molar-refractivity contribution in [2.24, 2.45) is 5.92 Å². The fourth-order valence-corrected chi connectivity index (χ4v) is 2.04. The van der Waals surface area contributed by atoms with Crippen molar-refractivity contribution in [1.29, 1.82) is 0 Å². The van der Waals surface area contributed by atoms with Crippen LogP contribution < -0.4 is 5.32 Å². The number of nitrogens with one attached hydrogen (secondary N) is 1. The molecule has 1 atom stereocenters. The molecule has 0 bridgehead atoms. The molecule has 1 heterocycles. The highest BCUT2D eigenvalue weighted by atomic mass is 16.3. The Balaban J connectivity index is 2.32. The first-order chi connectivity index (χ1) is 8.43. The zero-order valence-electron chi connectivity index (χ0n) is 11.4. The summed E-state index contributed by atoms with van der Waals surface area (Å²) in [6.45, 7) is 7.63. The number of rotatable bonds is 8. The van der Waals surface area contributed by atoms with Gasteiger partial charge in [-0.2, -0.15) is 0 Å². The van der Waals surface area contributed by atoms with Crippen LogP contribution in [0.4, 0.5) is 0 Å². The van der Waals surface area contributed by atoms with E-state index in [0.29, 0.717) is 25.6 Å². The van der Waals surface area contributed by atoms with E-state index in [0.717, 1.165) is 12.1 Å². The number of hydrogen-bond acceptors (Lipinski definition) is 5. The van der Waals surface area contributed by atoms with Crippen molar-refractivity contribution in [3.05, 3.63) is 11.9 Å². The molecule has 3 N–H and O–H groups in total. The minimum Gasteiger partial charge on any atom is -0.394 e. The SMILES string of the molecule is CC(C)CC(C)(O)CNCc1cn(CCO)nn1. The summed E-state index contributed by atoms with van der Waals surface area (Å²) in [5.41, 5.74) is 0.110. The van der Waals surface area contributed by atoms with E-state index in [2.05, 4.69) is 29.5 Å². The highest BCUT2D eigenvalue weighted by molar-refractivity contribution is 4.92. The fraction of sp³-hybridized carbons (Fsp3) is 0.833. The van der Waals surface area contributed by atoms with Crippen LogP contribution in [-0.4, -0.2) is 44.0 Å². The summed E-state index contributed by atoms with van der Waals surface area (Å²) in [5.74, 6) is 0.465. The van der Waals surface area contributed by atoms with Gasteiger partial charge in [-0.15, -0.1) is 5.10 Å². The van der Waals surface area contributed by atoms with Gasteiger partial charge in [0.25, 0.3) is 0 Å². The average Bonchev–Trinajstić information content (AvgIpc) is 2.64. The van der Waals surface area contributed by atoms with E-state index >= 15 is 0 Å². The molecule has 18 heavy (non-hydrogen) atoms. The molecule has 1 aromatic rings. The fourth-order valence-electron chi connectivity index (χ4n) is 2.04. The molecule has 1 rings (SSSR count). The number of nitrogens with zero attached hydrogens (tertiary/aromatic N) is 3. The largest absolute Gasteiger partial charge is 0.394 e. The molecule has 6 nitrogen and oxygen atoms in total. The topological polar surface area (TPSA) is 83.2 Å². The summed E-state index contributed by atoms with van der Waals surface area (Å²) in [4.78, 5) is 0. The maximum absolute atomic E-state index is 10.1. The lowest BCUT2D eigenvalue weighted by Crippen LogP contribution is -2.38. The number of hydrogen-bond donors (Lipinski definition) is 3. The molecule has 0 saturated carbocycles. The first-order valence-electron chi connectivity index (χ1n) is 6.36. The summed E-state index contributed by atoms with van der Waals surface area (Å²) in [6, 6.07) is 0. The van der Waals surface area contributed by atoms with Crippen LogP contribution in [0.15, 0.2) is 6.20 Å². The van der Waals surface area contributed by atoms with E-state index in [1.807, 2.05) is 6.92 Å². The highest BCUT2D eigenvalue weighted by Gasteiger charge is 2.21. The summed E-state index contributed by atoms with van der Waals surface area (Å²) < 4.78 is 1.60. The summed E-state index contributed by atoms with van der Waals surface area (Å²) in [7, 11) is 0. The van der Waals surface area contributed by atoms with E-state index < -0.39 is 5.60 Å². The van der Waals surface area contributed by atoms with Crippen molar-refractivity contribution < 1.29 is 10.2 Å². The predicted octanol–water partition coefficient (Wildman–Crippen LogP) is 0.157. The molecule has 0 fully saturated rings. The van der Waals surface area contributed by atoms with E-state index in [1.165, 1.54) is 0 Å². The first kappa shape index (κ1) is 15.1. The Morgan fingerprint density at radius 2 is 2.22 bits per heavy atom. The van der Waals surface area contributed by atoms with Gasteiger partial charge in [0, 0.05) is 19.3 Å². The summed E-state index contributed by atoms with van der Waals surface area (Å²) in [5, 5.41) is 29.9. The molecular formula is C12H24N4O2. The molecule has 6 heteroatoms. The number of aliphatic hydroxyl groups is 2. The van der Waals surface area contributed by atoms with Gasteiger partial charge in [0.1, 0.15) is 0 Å². The zero-order chi connectivity index (χ0) is 13.6. The van der Waals surface area contributed by atoms with Crippen LogP contribution in [0, 0.1) is 5.92 Å². The van der Waals surface area contributed by atoms with Gasteiger partial charge in [0.15, 0.2) is 0 Å². The summed E-state index contributed by atoms with van der Waals surface area (Å²) in [6.07, 6.45) is 2.55. The van der Waals surface area contributed by atoms with Gasteiger partial charge in [0.05, 0.1) is 24.4 Å². The standard InChI is InChI=1S/C12H24N4O2/c1-10(2)6-12(3,18)9-13-7-11-8-16(4-5-17)15-14-11/h8,10,13,17-18H,4-7,9H2,1-3H3. The molecule has 0 aliphatic rings. The van der Waals surface area contributed by atoms with Crippen molar-refractivity contribution in [3.8, 4) is 0 Å². The lowest BCUT2D eigenvalue weighted by Gasteiger charge is -2.25. The minimum absolute atomic E-state index is 0.0549. The third-order valence-electron chi connectivity index (χ3n) is 2.58. The van der Waals surface area contributed by atoms with Gasteiger partial charge < -0.3 is 15.5 Å². The third-order valence-corrected chi connectivity index (χ3v) is 2.58. The molecule has 0 aliphatic carbocycles. The average molecular weight is 256 g/mol. The van der Waals surface area contributed by atoms with Gasteiger partial charge in [-0.05, 0) is 19.3 Å². The van der Waals surface area contributed by atoms with Crippen LogP contribution in [0.1, 0.15) is 32.9 Å². The van der Waals surface area contributed by atoms with E-state index in [4.69, 9.17) is 5.11 Å². The van der Waals surface area contributed by atoms with Crippen LogP contribution in [0.3, 0.4) is 0 Å². The highest BCUT2D eigenvalue weighted by Crippen LogP contribution is 2.15. The van der Waals surface area contributed by atoms with Crippen molar-refractivity contribution in [1.82, 2.24) is 20.3 Å². The van der Waals surface area contributed by atoms with Crippen molar-refractivity contribution in [2.75, 3.05) is 13.2 Å². The lowest BCUT2D eigenvalue weighted by atomic mass is 9.94. The Labute approximate surface area is 108 Å². The van der Waals surface area contributed by atoms with Crippen LogP contribution >= 0.6 is 0 Å². The van der Waals surface area contributed by atoms with Crippen molar-refractivity contribution >= 4 is 0 Å². The van der Waals surface area contributed by atoms with Crippen molar-refractivity contribution in [2.45, 2.75) is 45.9 Å². The molecule has 0 aliphatic heterocycles. The van der Waals surface area contributed by atoms with Crippen LogP contribution in [0.2, 0.25) is 0 Å². The Bertz CT molecular complexity index is 350.